The molecule has 116 valence electrons. The lowest BCUT2D eigenvalue weighted by Gasteiger charge is -2.32. The molecule has 1 aliphatic rings. The Morgan fingerprint density at radius 3 is 2.68 bits per heavy atom. The summed E-state index contributed by atoms with van der Waals surface area (Å²) in [6.07, 6.45) is 1.01. The van der Waals surface area contributed by atoms with E-state index in [1.807, 2.05) is 12.1 Å². The van der Waals surface area contributed by atoms with Crippen LogP contribution < -0.4 is 5.32 Å². The zero-order chi connectivity index (χ0) is 15.5. The van der Waals surface area contributed by atoms with Crippen LogP contribution in [-0.2, 0) is 0 Å². The Hall–Kier alpha value is -0.870. The number of aliphatic hydroxyl groups excluding tert-OH is 1. The van der Waals surface area contributed by atoms with Crippen molar-refractivity contribution in [3.63, 3.8) is 0 Å². The van der Waals surface area contributed by atoms with Crippen LogP contribution in [0.25, 0.3) is 11.1 Å². The molecular weight excluding hydrogens is 362 g/mol. The second kappa shape index (κ2) is 7.14. The van der Waals surface area contributed by atoms with Crippen LogP contribution in [0.15, 0.2) is 46.9 Å². The summed E-state index contributed by atoms with van der Waals surface area (Å²) < 4.78 is 1.07. The van der Waals surface area contributed by atoms with Gasteiger partial charge in [0.25, 0.3) is 0 Å². The van der Waals surface area contributed by atoms with Crippen LogP contribution in [0.2, 0.25) is 5.02 Å². The van der Waals surface area contributed by atoms with E-state index >= 15 is 0 Å². The Morgan fingerprint density at radius 2 is 1.95 bits per heavy atom. The zero-order valence-corrected chi connectivity index (χ0v) is 14.6. The molecule has 0 amide bonds. The van der Waals surface area contributed by atoms with Gasteiger partial charge in [-0.1, -0.05) is 45.7 Å². The van der Waals surface area contributed by atoms with Gasteiger partial charge in [-0.05, 0) is 59.8 Å². The normalized spacial score (nSPS) is 21.8. The third kappa shape index (κ3) is 3.38. The summed E-state index contributed by atoms with van der Waals surface area (Å²) in [6, 6.07) is 14.4. The smallest absolute Gasteiger partial charge is 0.0466 e. The lowest BCUT2D eigenvalue weighted by atomic mass is 9.79. The number of benzene rings is 2. The Kier molecular flexibility index (Phi) is 5.19. The van der Waals surface area contributed by atoms with Crippen molar-refractivity contribution in [2.75, 3.05) is 19.7 Å². The van der Waals surface area contributed by atoms with Crippen molar-refractivity contribution < 1.29 is 5.11 Å². The summed E-state index contributed by atoms with van der Waals surface area (Å²) >= 11 is 9.59. The van der Waals surface area contributed by atoms with E-state index in [1.165, 1.54) is 11.1 Å². The van der Waals surface area contributed by atoms with E-state index in [-0.39, 0.29) is 6.61 Å². The van der Waals surface area contributed by atoms with E-state index in [2.05, 4.69) is 51.6 Å². The van der Waals surface area contributed by atoms with Gasteiger partial charge in [-0.25, -0.2) is 0 Å². The van der Waals surface area contributed by atoms with Gasteiger partial charge in [-0.2, -0.15) is 0 Å². The van der Waals surface area contributed by atoms with Gasteiger partial charge >= 0.3 is 0 Å². The molecular formula is C18H19BrClNO. The largest absolute Gasteiger partial charge is 0.396 e. The van der Waals surface area contributed by atoms with Crippen molar-refractivity contribution >= 4 is 27.5 Å². The molecule has 2 unspecified atom stereocenters. The highest BCUT2D eigenvalue weighted by molar-refractivity contribution is 9.10. The highest BCUT2D eigenvalue weighted by Crippen LogP contribution is 2.37. The molecule has 0 saturated carbocycles. The molecule has 0 spiro atoms. The fourth-order valence-corrected chi connectivity index (χ4v) is 3.73. The summed E-state index contributed by atoms with van der Waals surface area (Å²) in [4.78, 5) is 0. The second-order valence-electron chi connectivity index (χ2n) is 5.78. The first-order chi connectivity index (χ1) is 10.7. The van der Waals surface area contributed by atoms with E-state index in [1.54, 1.807) is 0 Å². The summed E-state index contributed by atoms with van der Waals surface area (Å²) in [5.41, 5.74) is 3.66. The van der Waals surface area contributed by atoms with E-state index in [0.717, 1.165) is 34.6 Å². The van der Waals surface area contributed by atoms with Crippen LogP contribution in [0, 0.1) is 5.92 Å². The maximum absolute atomic E-state index is 9.73. The number of rotatable bonds is 3. The molecule has 0 bridgehead atoms. The van der Waals surface area contributed by atoms with Crippen molar-refractivity contribution in [1.29, 1.82) is 0 Å². The van der Waals surface area contributed by atoms with Crippen LogP contribution in [-0.4, -0.2) is 24.8 Å². The predicted molar refractivity (Wildman–Crippen MR) is 95.4 cm³/mol. The molecule has 0 aliphatic carbocycles. The minimum atomic E-state index is 0.235. The van der Waals surface area contributed by atoms with Gasteiger partial charge in [0.2, 0.25) is 0 Å². The molecule has 1 aliphatic heterocycles. The van der Waals surface area contributed by atoms with E-state index in [9.17, 15) is 5.11 Å². The fourth-order valence-electron chi connectivity index (χ4n) is 3.23. The lowest BCUT2D eigenvalue weighted by Crippen LogP contribution is -2.36. The molecule has 2 atom stereocenters. The van der Waals surface area contributed by atoms with Crippen LogP contribution in [0.5, 0.6) is 0 Å². The molecule has 1 saturated heterocycles. The number of aliphatic hydroxyl groups is 1. The number of hydrogen-bond donors (Lipinski definition) is 2. The quantitative estimate of drug-likeness (QED) is 0.824. The molecule has 2 aromatic rings. The molecule has 0 radical (unpaired) electrons. The van der Waals surface area contributed by atoms with Crippen molar-refractivity contribution in [3.8, 4) is 11.1 Å². The minimum Gasteiger partial charge on any atom is -0.396 e. The Bertz CT molecular complexity index is 644. The first kappa shape index (κ1) is 16.0. The van der Waals surface area contributed by atoms with Crippen LogP contribution in [0.1, 0.15) is 17.9 Å². The number of nitrogens with one attached hydrogen (secondary N) is 1. The Balaban J connectivity index is 2.05. The first-order valence-corrected chi connectivity index (χ1v) is 8.73. The summed E-state index contributed by atoms with van der Waals surface area (Å²) in [7, 11) is 0. The van der Waals surface area contributed by atoms with Crippen molar-refractivity contribution in [2.24, 2.45) is 5.92 Å². The third-order valence-corrected chi connectivity index (χ3v) is 5.17. The highest BCUT2D eigenvalue weighted by Gasteiger charge is 2.28. The summed E-state index contributed by atoms with van der Waals surface area (Å²) in [5.74, 6) is 0.628. The van der Waals surface area contributed by atoms with E-state index in [0.29, 0.717) is 11.8 Å². The monoisotopic (exact) mass is 379 g/mol. The second-order valence-corrected chi connectivity index (χ2v) is 7.13. The average molecular weight is 381 g/mol. The maximum Gasteiger partial charge on any atom is 0.0466 e. The van der Waals surface area contributed by atoms with Crippen LogP contribution in [0.4, 0.5) is 0 Å². The molecule has 3 rings (SSSR count). The highest BCUT2D eigenvalue weighted by atomic mass is 79.9. The van der Waals surface area contributed by atoms with E-state index < -0.39 is 0 Å². The lowest BCUT2D eigenvalue weighted by molar-refractivity contribution is 0.177. The van der Waals surface area contributed by atoms with Crippen molar-refractivity contribution in [3.05, 3.63) is 57.5 Å². The van der Waals surface area contributed by atoms with Crippen LogP contribution >= 0.6 is 27.5 Å². The number of halogens is 2. The summed E-state index contributed by atoms with van der Waals surface area (Å²) in [6.45, 7) is 2.12. The van der Waals surface area contributed by atoms with Crippen LogP contribution in [0.3, 0.4) is 0 Å². The molecule has 0 aromatic heterocycles. The first-order valence-electron chi connectivity index (χ1n) is 7.56. The number of hydrogen-bond acceptors (Lipinski definition) is 2. The molecule has 2 nitrogen and oxygen atoms in total. The number of piperidine rings is 1. The molecule has 22 heavy (non-hydrogen) atoms. The third-order valence-electron chi connectivity index (χ3n) is 4.43. The Morgan fingerprint density at radius 1 is 1.18 bits per heavy atom. The molecule has 2 aromatic carbocycles. The fraction of sp³-hybridized carbons (Fsp3) is 0.333. The van der Waals surface area contributed by atoms with Crippen molar-refractivity contribution in [1.82, 2.24) is 5.32 Å². The molecule has 1 heterocycles. The predicted octanol–water partition coefficient (Wildman–Crippen LogP) is 4.45. The molecule has 1 fully saturated rings. The van der Waals surface area contributed by atoms with Gasteiger partial charge < -0.3 is 10.4 Å². The van der Waals surface area contributed by atoms with Gasteiger partial charge in [-0.3, -0.25) is 0 Å². The molecule has 2 N–H and O–H groups in total. The SMILES string of the molecule is OCC1CCNCC1c1cc(Br)ccc1-c1ccc(Cl)cc1. The zero-order valence-electron chi connectivity index (χ0n) is 12.2. The van der Waals surface area contributed by atoms with Gasteiger partial charge in [0.05, 0.1) is 0 Å². The van der Waals surface area contributed by atoms with Gasteiger partial charge in [0, 0.05) is 28.6 Å². The minimum absolute atomic E-state index is 0.235. The topological polar surface area (TPSA) is 32.3 Å². The summed E-state index contributed by atoms with van der Waals surface area (Å²) in [5, 5.41) is 13.9. The Labute approximate surface area is 144 Å². The molecule has 4 heteroatoms. The van der Waals surface area contributed by atoms with Gasteiger partial charge in [-0.15, -0.1) is 0 Å². The average Bonchev–Trinajstić information content (AvgIpc) is 2.56. The van der Waals surface area contributed by atoms with Crippen molar-refractivity contribution in [2.45, 2.75) is 12.3 Å². The van der Waals surface area contributed by atoms with Gasteiger partial charge in [0.1, 0.15) is 0 Å². The van der Waals surface area contributed by atoms with E-state index in [4.69, 9.17) is 11.6 Å². The standard InChI is InChI=1S/C18H19BrClNO/c19-14-3-6-16(12-1-4-15(20)5-2-12)17(9-14)18-10-21-8-7-13(18)11-22/h1-6,9,13,18,21-22H,7-8,10-11H2. The van der Waals surface area contributed by atoms with Gasteiger partial charge in [0.15, 0.2) is 0 Å². The maximum atomic E-state index is 9.73.